The van der Waals surface area contributed by atoms with Crippen LogP contribution in [0, 0.1) is 0 Å². The van der Waals surface area contributed by atoms with Crippen molar-refractivity contribution in [3.8, 4) is 23.0 Å². The van der Waals surface area contributed by atoms with Crippen LogP contribution in [-0.4, -0.2) is 35.9 Å². The third-order valence-corrected chi connectivity index (χ3v) is 6.28. The van der Waals surface area contributed by atoms with Gasteiger partial charge in [0, 0.05) is 30.5 Å². The van der Waals surface area contributed by atoms with Crippen LogP contribution >= 0.6 is 0 Å². The molecule has 2 aliphatic heterocycles. The van der Waals surface area contributed by atoms with E-state index in [9.17, 15) is 8.42 Å². The van der Waals surface area contributed by atoms with Crippen molar-refractivity contribution in [3.63, 3.8) is 0 Å². The number of ether oxygens (including phenoxy) is 4. The maximum Gasteiger partial charge on any atom is 0.244 e. The number of benzene rings is 2. The lowest BCUT2D eigenvalue weighted by Crippen LogP contribution is -2.25. The Hall–Kier alpha value is -2.45. The van der Waals surface area contributed by atoms with Gasteiger partial charge in [0.15, 0.2) is 11.5 Å². The molecule has 4 rings (SSSR count). The van der Waals surface area contributed by atoms with Crippen LogP contribution in [0.5, 0.6) is 23.0 Å². The molecular weight excluding hydrogens is 370 g/mol. The highest BCUT2D eigenvalue weighted by atomic mass is 32.2. The van der Waals surface area contributed by atoms with E-state index in [2.05, 4.69) is 4.72 Å². The molecule has 0 aromatic heterocycles. The molecule has 2 aromatic carbocycles. The first-order valence-corrected chi connectivity index (χ1v) is 10.2. The fourth-order valence-electron chi connectivity index (χ4n) is 3.47. The molecule has 0 saturated heterocycles. The fraction of sp³-hybridized carbons (Fsp3) is 0.368. The average molecular weight is 391 g/mol. The van der Waals surface area contributed by atoms with Gasteiger partial charge in [0.25, 0.3) is 0 Å². The molecule has 0 bridgehead atoms. The summed E-state index contributed by atoms with van der Waals surface area (Å²) in [4.78, 5) is 0.213. The third kappa shape index (κ3) is 3.19. The minimum Gasteiger partial charge on any atom is -0.493 e. The Morgan fingerprint density at radius 3 is 2.59 bits per heavy atom. The van der Waals surface area contributed by atoms with Gasteiger partial charge >= 0.3 is 0 Å². The van der Waals surface area contributed by atoms with E-state index in [1.165, 1.54) is 0 Å². The summed E-state index contributed by atoms with van der Waals surface area (Å²) >= 11 is 0. The summed E-state index contributed by atoms with van der Waals surface area (Å²) in [5.41, 5.74) is 2.33. The highest BCUT2D eigenvalue weighted by Gasteiger charge is 2.33. The van der Waals surface area contributed by atoms with Crippen LogP contribution in [0.1, 0.15) is 16.7 Å². The van der Waals surface area contributed by atoms with Crippen molar-refractivity contribution in [2.75, 3.05) is 27.4 Å². The molecule has 0 aliphatic carbocycles. The lowest BCUT2D eigenvalue weighted by atomic mass is 10.1. The highest BCUT2D eigenvalue weighted by molar-refractivity contribution is 7.89. The maximum atomic E-state index is 13.1. The first-order valence-electron chi connectivity index (χ1n) is 8.68. The molecule has 27 heavy (non-hydrogen) atoms. The molecule has 7 nitrogen and oxygen atoms in total. The van der Waals surface area contributed by atoms with Gasteiger partial charge in [0.05, 0.1) is 27.4 Å². The van der Waals surface area contributed by atoms with Crippen molar-refractivity contribution in [2.45, 2.75) is 24.3 Å². The monoisotopic (exact) mass is 391 g/mol. The van der Waals surface area contributed by atoms with Gasteiger partial charge in [0.1, 0.15) is 16.4 Å². The van der Waals surface area contributed by atoms with Crippen molar-refractivity contribution in [1.82, 2.24) is 4.72 Å². The number of nitrogens with one attached hydrogen (secondary N) is 1. The minimum atomic E-state index is -3.77. The molecule has 1 N–H and O–H groups in total. The second kappa shape index (κ2) is 6.94. The molecule has 0 radical (unpaired) electrons. The van der Waals surface area contributed by atoms with Crippen molar-refractivity contribution in [2.24, 2.45) is 0 Å². The van der Waals surface area contributed by atoms with Crippen molar-refractivity contribution in [3.05, 3.63) is 41.0 Å². The number of sulfonamides is 1. The lowest BCUT2D eigenvalue weighted by Gasteiger charge is -2.15. The number of methoxy groups -OCH3 is 2. The van der Waals surface area contributed by atoms with Crippen LogP contribution in [0.15, 0.2) is 29.2 Å². The SMILES string of the molecule is COc1ccc(CNS(=O)(=O)c2c3c(cc4c2OCC4)OCC3)cc1OC. The summed E-state index contributed by atoms with van der Waals surface area (Å²) in [6.45, 7) is 1.09. The van der Waals surface area contributed by atoms with E-state index >= 15 is 0 Å². The van der Waals surface area contributed by atoms with Gasteiger partial charge in [-0.1, -0.05) is 6.07 Å². The van der Waals surface area contributed by atoms with E-state index < -0.39 is 10.0 Å². The first-order chi connectivity index (χ1) is 13.0. The van der Waals surface area contributed by atoms with Crippen molar-refractivity contribution >= 4 is 10.0 Å². The van der Waals surface area contributed by atoms with Gasteiger partial charge in [-0.15, -0.1) is 0 Å². The Balaban J connectivity index is 1.64. The smallest absolute Gasteiger partial charge is 0.244 e. The second-order valence-electron chi connectivity index (χ2n) is 6.38. The fourth-order valence-corrected chi connectivity index (χ4v) is 4.93. The minimum absolute atomic E-state index is 0.127. The largest absolute Gasteiger partial charge is 0.493 e. The summed E-state index contributed by atoms with van der Waals surface area (Å²) < 4.78 is 50.6. The first kappa shape index (κ1) is 17.9. The zero-order valence-corrected chi connectivity index (χ0v) is 16.0. The van der Waals surface area contributed by atoms with Crippen molar-refractivity contribution < 1.29 is 27.4 Å². The van der Waals surface area contributed by atoms with Gasteiger partial charge < -0.3 is 18.9 Å². The average Bonchev–Trinajstić information content (AvgIpc) is 3.32. The predicted molar refractivity (Wildman–Crippen MR) is 98.4 cm³/mol. The van der Waals surface area contributed by atoms with Gasteiger partial charge in [-0.3, -0.25) is 0 Å². The number of rotatable bonds is 6. The molecule has 144 valence electrons. The van der Waals surface area contributed by atoms with Crippen LogP contribution < -0.4 is 23.7 Å². The lowest BCUT2D eigenvalue weighted by molar-refractivity contribution is 0.347. The van der Waals surface area contributed by atoms with E-state index in [4.69, 9.17) is 18.9 Å². The summed E-state index contributed by atoms with van der Waals surface area (Å²) in [7, 11) is -0.675. The quantitative estimate of drug-likeness (QED) is 0.812. The molecule has 0 atom stereocenters. The molecule has 0 saturated carbocycles. The van der Waals surface area contributed by atoms with Gasteiger partial charge in [-0.05, 0) is 23.8 Å². The topological polar surface area (TPSA) is 83.1 Å². The molecule has 0 spiro atoms. The number of fused-ring (bicyclic) bond motifs is 2. The molecule has 2 aromatic rings. The van der Waals surface area contributed by atoms with Crippen LogP contribution in [0.3, 0.4) is 0 Å². The second-order valence-corrected chi connectivity index (χ2v) is 8.09. The van der Waals surface area contributed by atoms with E-state index in [-0.39, 0.29) is 11.4 Å². The molecule has 2 heterocycles. The summed E-state index contributed by atoms with van der Waals surface area (Å²) in [5, 5.41) is 0. The van der Waals surface area contributed by atoms with E-state index in [1.807, 2.05) is 6.07 Å². The Bertz CT molecular complexity index is 954. The zero-order chi connectivity index (χ0) is 19.0. The molecule has 8 heteroatoms. The normalized spacial score (nSPS) is 14.9. The number of hydrogen-bond donors (Lipinski definition) is 1. The van der Waals surface area contributed by atoms with Crippen LogP contribution in [0.25, 0.3) is 0 Å². The van der Waals surface area contributed by atoms with Crippen molar-refractivity contribution in [1.29, 1.82) is 0 Å². The van der Waals surface area contributed by atoms with E-state index in [1.54, 1.807) is 32.4 Å². The van der Waals surface area contributed by atoms with Crippen LogP contribution in [0.4, 0.5) is 0 Å². The van der Waals surface area contributed by atoms with Gasteiger partial charge in [0.2, 0.25) is 10.0 Å². The standard InChI is InChI=1S/C19H21NO6S/c1-23-15-4-3-12(9-17(15)24-2)11-20-27(21,22)19-14-6-8-25-16(14)10-13-5-7-26-18(13)19/h3-4,9-10,20H,5-8,11H2,1-2H3. The molecular formula is C19H21NO6S. The zero-order valence-electron chi connectivity index (χ0n) is 15.2. The summed E-state index contributed by atoms with van der Waals surface area (Å²) in [6, 6.07) is 7.19. The molecule has 0 amide bonds. The Morgan fingerprint density at radius 2 is 1.81 bits per heavy atom. The Morgan fingerprint density at radius 1 is 1.04 bits per heavy atom. The van der Waals surface area contributed by atoms with Gasteiger partial charge in [-0.2, -0.15) is 0 Å². The molecule has 0 fully saturated rings. The van der Waals surface area contributed by atoms with Crippen LogP contribution in [0.2, 0.25) is 0 Å². The van der Waals surface area contributed by atoms with Crippen LogP contribution in [-0.2, 0) is 29.4 Å². The third-order valence-electron chi connectivity index (χ3n) is 4.79. The Labute approximate surface area is 158 Å². The predicted octanol–water partition coefficient (Wildman–Crippen LogP) is 2.05. The van der Waals surface area contributed by atoms with E-state index in [0.29, 0.717) is 54.6 Å². The molecule has 0 unspecified atom stereocenters. The maximum absolute atomic E-state index is 13.1. The Kier molecular flexibility index (Phi) is 4.61. The summed E-state index contributed by atoms with van der Waals surface area (Å²) in [6.07, 6.45) is 1.24. The highest BCUT2D eigenvalue weighted by Crippen LogP contribution is 2.43. The van der Waals surface area contributed by atoms with Gasteiger partial charge in [-0.25, -0.2) is 13.1 Å². The van der Waals surface area contributed by atoms with E-state index in [0.717, 1.165) is 11.1 Å². The number of hydrogen-bond acceptors (Lipinski definition) is 6. The summed E-state index contributed by atoms with van der Waals surface area (Å²) in [5.74, 6) is 2.24. The molecule has 2 aliphatic rings.